The van der Waals surface area contributed by atoms with Gasteiger partial charge >= 0.3 is 6.61 Å². The molecule has 0 radical (unpaired) electrons. The minimum Gasteiger partial charge on any atom is -0.496 e. The van der Waals surface area contributed by atoms with Gasteiger partial charge in [-0.25, -0.2) is 4.98 Å². The van der Waals surface area contributed by atoms with E-state index in [1.807, 2.05) is 30.6 Å². The molecule has 0 aliphatic rings. The zero-order valence-electron chi connectivity index (χ0n) is 15.4. The molecule has 0 atom stereocenters. The Morgan fingerprint density at radius 1 is 1.14 bits per heavy atom. The Morgan fingerprint density at radius 2 is 1.89 bits per heavy atom. The minimum atomic E-state index is -2.81. The lowest BCUT2D eigenvalue weighted by atomic mass is 10.2. The maximum atomic E-state index is 12.2. The molecule has 0 bridgehead atoms. The highest BCUT2D eigenvalue weighted by Crippen LogP contribution is 2.34. The van der Waals surface area contributed by atoms with Gasteiger partial charge in [0, 0.05) is 22.9 Å². The van der Waals surface area contributed by atoms with E-state index < -0.39 is 6.61 Å². The van der Waals surface area contributed by atoms with Crippen LogP contribution in [0.2, 0.25) is 0 Å². The molecule has 0 saturated heterocycles. The van der Waals surface area contributed by atoms with Crippen LogP contribution in [0.1, 0.15) is 11.3 Å². The number of aromatic nitrogens is 1. The lowest BCUT2D eigenvalue weighted by Crippen LogP contribution is -2.17. The van der Waals surface area contributed by atoms with Gasteiger partial charge in [-0.15, -0.1) is 11.3 Å². The van der Waals surface area contributed by atoms with Crippen molar-refractivity contribution in [2.45, 2.75) is 19.7 Å². The molecule has 0 N–H and O–H groups in total. The molecule has 4 nitrogen and oxygen atoms in total. The lowest BCUT2D eigenvalue weighted by molar-refractivity contribution is -0.0498. The summed E-state index contributed by atoms with van der Waals surface area (Å²) in [5.74, 6) is 0.942. The van der Waals surface area contributed by atoms with Gasteiger partial charge in [-0.2, -0.15) is 8.78 Å². The average molecular weight is 469 g/mol. The van der Waals surface area contributed by atoms with Crippen LogP contribution in [0, 0.1) is 0 Å². The van der Waals surface area contributed by atoms with E-state index in [0.717, 1.165) is 32.1 Å². The molecule has 3 aromatic rings. The molecular weight excluding hydrogens is 450 g/mol. The van der Waals surface area contributed by atoms with Crippen molar-refractivity contribution >= 4 is 27.3 Å². The molecule has 0 saturated carbocycles. The summed E-state index contributed by atoms with van der Waals surface area (Å²) in [7, 11) is 3.63. The fraction of sp³-hybridized carbons (Fsp3) is 0.250. The van der Waals surface area contributed by atoms with Gasteiger partial charge in [-0.3, -0.25) is 4.90 Å². The summed E-state index contributed by atoms with van der Waals surface area (Å²) in [5, 5.41) is 2.93. The van der Waals surface area contributed by atoms with Crippen LogP contribution in [0.25, 0.3) is 10.6 Å². The van der Waals surface area contributed by atoms with Gasteiger partial charge in [0.2, 0.25) is 0 Å². The maximum Gasteiger partial charge on any atom is 0.387 e. The van der Waals surface area contributed by atoms with E-state index in [0.29, 0.717) is 13.1 Å². The van der Waals surface area contributed by atoms with Gasteiger partial charge in [0.1, 0.15) is 16.5 Å². The zero-order valence-corrected chi connectivity index (χ0v) is 17.8. The average Bonchev–Trinajstić information content (AvgIpc) is 3.11. The van der Waals surface area contributed by atoms with Crippen LogP contribution in [0.5, 0.6) is 11.5 Å². The minimum absolute atomic E-state index is 0.161. The van der Waals surface area contributed by atoms with Crippen LogP contribution >= 0.6 is 27.3 Å². The third kappa shape index (κ3) is 5.50. The first kappa shape index (κ1) is 20.7. The predicted octanol–water partition coefficient (Wildman–Crippen LogP) is 5.81. The van der Waals surface area contributed by atoms with E-state index in [4.69, 9.17) is 9.72 Å². The quantitative estimate of drug-likeness (QED) is 0.417. The van der Waals surface area contributed by atoms with Crippen molar-refractivity contribution < 1.29 is 18.3 Å². The lowest BCUT2D eigenvalue weighted by Gasteiger charge is -2.15. The molecular formula is C20H19BrF2N2O2S. The summed E-state index contributed by atoms with van der Waals surface area (Å²) in [6.07, 6.45) is 0. The van der Waals surface area contributed by atoms with Gasteiger partial charge in [-0.1, -0.05) is 28.1 Å². The molecule has 8 heteroatoms. The fourth-order valence-corrected chi connectivity index (χ4v) is 3.96. The molecule has 3 rings (SSSR count). The summed E-state index contributed by atoms with van der Waals surface area (Å²) < 4.78 is 35.2. The number of hydrogen-bond acceptors (Lipinski definition) is 5. The number of alkyl halides is 2. The van der Waals surface area contributed by atoms with Crippen LogP contribution in [0.15, 0.2) is 52.3 Å². The standard InChI is InChI=1S/C20H19BrF2N2O2S/c1-25(10-13-3-6-16(7-4-13)27-20(22)23)11-15-12-28-19(24-15)17-9-14(21)5-8-18(17)26-2/h3-9,12,20H,10-11H2,1-2H3. The number of benzene rings is 2. The molecule has 0 amide bonds. The Balaban J connectivity index is 1.64. The van der Waals surface area contributed by atoms with Crippen molar-refractivity contribution in [2.24, 2.45) is 0 Å². The van der Waals surface area contributed by atoms with Crippen LogP contribution in [0.3, 0.4) is 0 Å². The van der Waals surface area contributed by atoms with Crippen molar-refractivity contribution in [1.29, 1.82) is 0 Å². The molecule has 0 spiro atoms. The molecule has 148 valence electrons. The van der Waals surface area contributed by atoms with Crippen molar-refractivity contribution in [1.82, 2.24) is 9.88 Å². The topological polar surface area (TPSA) is 34.6 Å². The van der Waals surface area contributed by atoms with E-state index >= 15 is 0 Å². The number of hydrogen-bond donors (Lipinski definition) is 0. The number of methoxy groups -OCH3 is 1. The van der Waals surface area contributed by atoms with E-state index in [1.165, 1.54) is 0 Å². The first-order valence-corrected chi connectivity index (χ1v) is 10.1. The third-order valence-electron chi connectivity index (χ3n) is 3.98. The SMILES string of the molecule is COc1ccc(Br)cc1-c1nc(CN(C)Cc2ccc(OC(F)F)cc2)cs1. The Bertz CT molecular complexity index is 919. The van der Waals surface area contributed by atoms with Crippen molar-refractivity contribution in [3.8, 4) is 22.1 Å². The van der Waals surface area contributed by atoms with Crippen molar-refractivity contribution in [2.75, 3.05) is 14.2 Å². The number of ether oxygens (including phenoxy) is 2. The number of halogens is 3. The molecule has 0 fully saturated rings. The van der Waals surface area contributed by atoms with E-state index in [1.54, 1.807) is 42.7 Å². The van der Waals surface area contributed by atoms with Crippen molar-refractivity contribution in [3.05, 3.63) is 63.6 Å². The Kier molecular flexibility index (Phi) is 6.98. The van der Waals surface area contributed by atoms with Crippen LogP contribution < -0.4 is 9.47 Å². The normalized spacial score (nSPS) is 11.2. The Hall–Kier alpha value is -2.03. The largest absolute Gasteiger partial charge is 0.496 e. The van der Waals surface area contributed by atoms with Crippen molar-refractivity contribution in [3.63, 3.8) is 0 Å². The van der Waals surface area contributed by atoms with Crippen LogP contribution in [0.4, 0.5) is 8.78 Å². The molecule has 0 aliphatic heterocycles. The summed E-state index contributed by atoms with van der Waals surface area (Å²) in [5.41, 5.74) is 2.92. The van der Waals surface area contributed by atoms with Gasteiger partial charge in [0.05, 0.1) is 18.4 Å². The molecule has 2 aromatic carbocycles. The Labute approximate surface area is 174 Å². The van der Waals surface area contributed by atoms with Crippen LogP contribution in [-0.2, 0) is 13.1 Å². The highest BCUT2D eigenvalue weighted by Gasteiger charge is 2.12. The third-order valence-corrected chi connectivity index (χ3v) is 5.39. The molecule has 0 unspecified atom stereocenters. The molecule has 1 aromatic heterocycles. The van der Waals surface area contributed by atoms with E-state index in [2.05, 4.69) is 25.6 Å². The second-order valence-corrected chi connectivity index (χ2v) is 7.96. The Morgan fingerprint density at radius 3 is 2.57 bits per heavy atom. The van der Waals surface area contributed by atoms with E-state index in [9.17, 15) is 8.78 Å². The zero-order chi connectivity index (χ0) is 20.1. The number of rotatable bonds is 8. The molecule has 1 heterocycles. The van der Waals surface area contributed by atoms with Crippen LogP contribution in [-0.4, -0.2) is 30.7 Å². The second kappa shape index (κ2) is 9.45. The summed E-state index contributed by atoms with van der Waals surface area (Å²) in [6, 6.07) is 12.5. The summed E-state index contributed by atoms with van der Waals surface area (Å²) >= 11 is 5.06. The molecule has 0 aliphatic carbocycles. The van der Waals surface area contributed by atoms with E-state index in [-0.39, 0.29) is 5.75 Å². The van der Waals surface area contributed by atoms with Gasteiger partial charge in [-0.05, 0) is 42.9 Å². The number of nitrogens with zero attached hydrogens (tertiary/aromatic N) is 2. The second-order valence-electron chi connectivity index (χ2n) is 6.18. The predicted molar refractivity (Wildman–Crippen MR) is 110 cm³/mol. The summed E-state index contributed by atoms with van der Waals surface area (Å²) in [6.45, 7) is -1.47. The maximum absolute atomic E-state index is 12.2. The first-order valence-electron chi connectivity index (χ1n) is 8.45. The first-order chi connectivity index (χ1) is 13.4. The molecule has 28 heavy (non-hydrogen) atoms. The van der Waals surface area contributed by atoms with Gasteiger partial charge in [0.25, 0.3) is 0 Å². The fourth-order valence-electron chi connectivity index (χ4n) is 2.77. The van der Waals surface area contributed by atoms with Gasteiger partial charge in [0.15, 0.2) is 0 Å². The highest BCUT2D eigenvalue weighted by molar-refractivity contribution is 9.10. The number of thiazole rings is 1. The van der Waals surface area contributed by atoms with Gasteiger partial charge < -0.3 is 9.47 Å². The smallest absolute Gasteiger partial charge is 0.387 e. The highest BCUT2D eigenvalue weighted by atomic mass is 79.9. The monoisotopic (exact) mass is 468 g/mol. The summed E-state index contributed by atoms with van der Waals surface area (Å²) in [4.78, 5) is 6.84.